The Bertz CT molecular complexity index is 588. The highest BCUT2D eigenvalue weighted by atomic mass is 79.9. The summed E-state index contributed by atoms with van der Waals surface area (Å²) in [5.41, 5.74) is 1.04. The molecule has 7 heteroatoms. The first kappa shape index (κ1) is 16.9. The van der Waals surface area contributed by atoms with E-state index in [4.69, 9.17) is 4.74 Å². The van der Waals surface area contributed by atoms with Crippen LogP contribution in [-0.2, 0) is 21.3 Å². The molecule has 21 heavy (non-hydrogen) atoms. The minimum absolute atomic E-state index is 0.119. The summed E-state index contributed by atoms with van der Waals surface area (Å²) in [5, 5.41) is 3.05. The van der Waals surface area contributed by atoms with Gasteiger partial charge in [-0.3, -0.25) is 0 Å². The van der Waals surface area contributed by atoms with Crippen LogP contribution >= 0.6 is 15.9 Å². The van der Waals surface area contributed by atoms with Crippen LogP contribution in [0.1, 0.15) is 18.4 Å². The Kier molecular flexibility index (Phi) is 5.79. The zero-order chi connectivity index (χ0) is 15.5. The Labute approximate surface area is 134 Å². The van der Waals surface area contributed by atoms with E-state index in [1.54, 1.807) is 17.5 Å². The molecule has 5 nitrogen and oxygen atoms in total. The van der Waals surface area contributed by atoms with Gasteiger partial charge in [-0.2, -0.15) is 4.31 Å². The molecule has 0 saturated heterocycles. The third-order valence-corrected chi connectivity index (χ3v) is 6.36. The van der Waals surface area contributed by atoms with Crippen LogP contribution in [0.25, 0.3) is 0 Å². The van der Waals surface area contributed by atoms with Crippen molar-refractivity contribution in [3.05, 3.63) is 28.2 Å². The highest BCUT2D eigenvalue weighted by molar-refractivity contribution is 9.10. The van der Waals surface area contributed by atoms with E-state index >= 15 is 0 Å². The average molecular weight is 377 g/mol. The Morgan fingerprint density at radius 2 is 2.14 bits per heavy atom. The Morgan fingerprint density at radius 3 is 2.67 bits per heavy atom. The van der Waals surface area contributed by atoms with Crippen molar-refractivity contribution in [2.45, 2.75) is 30.3 Å². The number of sulfonamides is 1. The summed E-state index contributed by atoms with van der Waals surface area (Å²) in [4.78, 5) is 0.324. The molecular formula is C14H21BrN2O3S. The molecule has 1 N–H and O–H groups in total. The number of halogens is 1. The molecule has 1 aliphatic carbocycles. The third-order valence-electron chi connectivity index (χ3n) is 3.43. The number of hydrogen-bond donors (Lipinski definition) is 1. The zero-order valence-corrected chi connectivity index (χ0v) is 14.7. The van der Waals surface area contributed by atoms with Gasteiger partial charge in [0.15, 0.2) is 0 Å². The van der Waals surface area contributed by atoms with E-state index in [1.165, 1.54) is 0 Å². The minimum atomic E-state index is -3.49. The summed E-state index contributed by atoms with van der Waals surface area (Å²) >= 11 is 3.39. The number of hydrogen-bond acceptors (Lipinski definition) is 4. The van der Waals surface area contributed by atoms with Crippen LogP contribution in [0.15, 0.2) is 27.6 Å². The molecule has 118 valence electrons. The van der Waals surface area contributed by atoms with E-state index in [0.717, 1.165) is 18.4 Å². The lowest BCUT2D eigenvalue weighted by Gasteiger charge is -2.22. The number of nitrogens with zero attached hydrogens (tertiary/aromatic N) is 1. The molecule has 0 bridgehead atoms. The van der Waals surface area contributed by atoms with Crippen LogP contribution < -0.4 is 5.32 Å². The van der Waals surface area contributed by atoms with E-state index in [-0.39, 0.29) is 6.04 Å². The molecule has 0 aliphatic heterocycles. The summed E-state index contributed by atoms with van der Waals surface area (Å²) in [6.07, 6.45) is 1.86. The molecule has 0 atom stereocenters. The number of nitrogens with one attached hydrogen (secondary N) is 1. The maximum absolute atomic E-state index is 12.8. The molecule has 1 fully saturated rings. The predicted molar refractivity (Wildman–Crippen MR) is 85.7 cm³/mol. The molecule has 0 aromatic heterocycles. The maximum Gasteiger partial charge on any atom is 0.244 e. The van der Waals surface area contributed by atoms with Crippen LogP contribution in [0, 0.1) is 0 Å². The lowest BCUT2D eigenvalue weighted by atomic mass is 10.2. The second kappa shape index (κ2) is 7.19. The van der Waals surface area contributed by atoms with Crippen molar-refractivity contribution in [1.82, 2.24) is 9.62 Å². The predicted octanol–water partition coefficient (Wildman–Crippen LogP) is 1.97. The lowest BCUT2D eigenvalue weighted by Crippen LogP contribution is -2.36. The maximum atomic E-state index is 12.8. The number of benzene rings is 1. The van der Waals surface area contributed by atoms with Crippen LogP contribution in [0.3, 0.4) is 0 Å². The minimum Gasteiger partial charge on any atom is -0.383 e. The molecular weight excluding hydrogens is 356 g/mol. The van der Waals surface area contributed by atoms with Crippen molar-refractivity contribution >= 4 is 26.0 Å². The second-order valence-corrected chi connectivity index (χ2v) is 7.85. The summed E-state index contributed by atoms with van der Waals surface area (Å²) in [7, 11) is -0.0436. The second-order valence-electron chi connectivity index (χ2n) is 5.13. The van der Waals surface area contributed by atoms with Crippen molar-refractivity contribution in [2.75, 3.05) is 27.3 Å². The molecule has 1 aromatic carbocycles. The molecule has 2 rings (SSSR count). The lowest BCUT2D eigenvalue weighted by molar-refractivity contribution is 0.177. The fourth-order valence-corrected chi connectivity index (χ4v) is 4.99. The van der Waals surface area contributed by atoms with Gasteiger partial charge in [0, 0.05) is 30.7 Å². The van der Waals surface area contributed by atoms with Crippen molar-refractivity contribution in [3.63, 3.8) is 0 Å². The van der Waals surface area contributed by atoms with E-state index in [1.807, 2.05) is 19.2 Å². The van der Waals surface area contributed by atoms with Crippen LogP contribution in [0.5, 0.6) is 0 Å². The molecule has 0 spiro atoms. The van der Waals surface area contributed by atoms with Gasteiger partial charge in [-0.25, -0.2) is 8.42 Å². The Balaban J connectivity index is 2.28. The Morgan fingerprint density at radius 1 is 1.43 bits per heavy atom. The normalized spacial score (nSPS) is 15.6. The van der Waals surface area contributed by atoms with E-state index in [2.05, 4.69) is 21.2 Å². The van der Waals surface area contributed by atoms with Gasteiger partial charge in [0.2, 0.25) is 10.0 Å². The van der Waals surface area contributed by atoms with Gasteiger partial charge in [0.1, 0.15) is 0 Å². The summed E-state index contributed by atoms with van der Waals surface area (Å²) in [6, 6.07) is 5.49. The van der Waals surface area contributed by atoms with Gasteiger partial charge in [-0.05, 0) is 53.5 Å². The first-order chi connectivity index (χ1) is 10.0. The van der Waals surface area contributed by atoms with Crippen LogP contribution in [-0.4, -0.2) is 46.1 Å². The van der Waals surface area contributed by atoms with Gasteiger partial charge in [0.05, 0.1) is 11.5 Å². The first-order valence-electron chi connectivity index (χ1n) is 6.94. The van der Waals surface area contributed by atoms with Crippen molar-refractivity contribution in [3.8, 4) is 0 Å². The largest absolute Gasteiger partial charge is 0.383 e. The highest BCUT2D eigenvalue weighted by Gasteiger charge is 2.38. The number of rotatable bonds is 8. The molecule has 0 radical (unpaired) electrons. The van der Waals surface area contributed by atoms with Crippen LogP contribution in [0.2, 0.25) is 0 Å². The van der Waals surface area contributed by atoms with Crippen LogP contribution in [0.4, 0.5) is 0 Å². The van der Waals surface area contributed by atoms with Gasteiger partial charge < -0.3 is 10.1 Å². The average Bonchev–Trinajstić information content (AvgIpc) is 3.23. The van der Waals surface area contributed by atoms with Gasteiger partial charge in [-0.1, -0.05) is 6.07 Å². The highest BCUT2D eigenvalue weighted by Crippen LogP contribution is 2.34. The first-order valence-corrected chi connectivity index (χ1v) is 9.18. The fourth-order valence-electron chi connectivity index (χ4n) is 2.24. The molecule has 0 heterocycles. The summed E-state index contributed by atoms with van der Waals surface area (Å²) in [6.45, 7) is 1.51. The summed E-state index contributed by atoms with van der Waals surface area (Å²) in [5.74, 6) is 0. The molecule has 0 unspecified atom stereocenters. The fraction of sp³-hybridized carbons (Fsp3) is 0.571. The third kappa shape index (κ3) is 4.04. The van der Waals surface area contributed by atoms with Crippen molar-refractivity contribution < 1.29 is 13.2 Å². The van der Waals surface area contributed by atoms with Gasteiger partial charge in [0.25, 0.3) is 0 Å². The van der Waals surface area contributed by atoms with Gasteiger partial charge >= 0.3 is 0 Å². The Hall–Kier alpha value is -0.470. The van der Waals surface area contributed by atoms with E-state index in [0.29, 0.717) is 29.1 Å². The van der Waals surface area contributed by atoms with E-state index in [9.17, 15) is 8.42 Å². The smallest absolute Gasteiger partial charge is 0.244 e. The summed E-state index contributed by atoms with van der Waals surface area (Å²) < 4.78 is 32.9. The zero-order valence-electron chi connectivity index (χ0n) is 12.3. The number of methoxy groups -OCH3 is 1. The molecule has 1 saturated carbocycles. The standard InChI is InChI=1S/C14H21BrN2O3S/c1-16-10-11-3-6-14(13(15)9-11)21(18,19)17(7-8-20-2)12-4-5-12/h3,6,9,12,16H,4-5,7-8,10H2,1-2H3. The molecule has 0 amide bonds. The van der Waals surface area contributed by atoms with Gasteiger partial charge in [-0.15, -0.1) is 0 Å². The molecule has 1 aliphatic rings. The molecule has 1 aromatic rings. The van der Waals surface area contributed by atoms with Crippen molar-refractivity contribution in [2.24, 2.45) is 0 Å². The topological polar surface area (TPSA) is 58.6 Å². The van der Waals surface area contributed by atoms with E-state index < -0.39 is 10.0 Å². The van der Waals surface area contributed by atoms with Crippen molar-refractivity contribution in [1.29, 1.82) is 0 Å². The number of ether oxygens (including phenoxy) is 1. The quantitative estimate of drug-likeness (QED) is 0.753. The SMILES string of the molecule is CNCc1ccc(S(=O)(=O)N(CCOC)C2CC2)c(Br)c1. The monoisotopic (exact) mass is 376 g/mol.